The molecule has 6 nitrogen and oxygen atoms in total. The molecule has 622 valence electrons. The molecule has 0 aliphatic carbocycles. The van der Waals surface area contributed by atoms with E-state index in [0.717, 1.165) is 118 Å². The Labute approximate surface area is 782 Å². The minimum Gasteiger partial charge on any atom is -0.454 e. The number of furan rings is 3. The number of nitrogens with zero attached hydrogens (tertiary/aromatic N) is 3. The van der Waals surface area contributed by atoms with Crippen LogP contribution in [0.5, 0.6) is 0 Å². The van der Waals surface area contributed by atoms with E-state index in [1.54, 1.807) is 34.0 Å². The first-order valence-corrected chi connectivity index (χ1v) is 49.0. The van der Waals surface area contributed by atoms with E-state index < -0.39 is 0 Å². The Morgan fingerprint density at radius 2 is 0.371 bits per heavy atom. The maximum Gasteiger partial charge on any atom is 0.154 e. The summed E-state index contributed by atoms with van der Waals surface area (Å²) in [6, 6.07) is 159. The highest BCUT2D eigenvalue weighted by molar-refractivity contribution is 7.28. The molecule has 0 bridgehead atoms. The molecule has 0 saturated heterocycles. The monoisotopic (exact) mass is 1800 g/mol. The molecule has 0 fully saturated rings. The number of hydrogen-bond acceptors (Lipinski definition) is 12. The molecular weight excluding hydrogens is 1720 g/mol. The summed E-state index contributed by atoms with van der Waals surface area (Å²) in [6.45, 7) is 0. The lowest BCUT2D eigenvalue weighted by molar-refractivity contribution is 0.673. The molecule has 0 radical (unpaired) electrons. The van der Waals surface area contributed by atoms with Crippen molar-refractivity contribution in [1.29, 1.82) is 0 Å². The van der Waals surface area contributed by atoms with Crippen molar-refractivity contribution in [2.45, 2.75) is 0 Å². The summed E-state index contributed by atoms with van der Waals surface area (Å²) >= 11 is 11.0. The van der Waals surface area contributed by atoms with Crippen molar-refractivity contribution < 1.29 is 13.3 Å². The van der Waals surface area contributed by atoms with Crippen molar-refractivity contribution in [3.05, 3.63) is 443 Å². The minimum atomic E-state index is 0.930. The molecule has 12 heteroatoms. The summed E-state index contributed by atoms with van der Waals surface area (Å²) in [4.78, 5) is 7.01. The lowest BCUT2D eigenvalue weighted by atomic mass is 10.0. The largest absolute Gasteiger partial charge is 0.454 e. The summed E-state index contributed by atoms with van der Waals surface area (Å²) in [7, 11) is 0. The van der Waals surface area contributed by atoms with Crippen LogP contribution in [0, 0.1) is 0 Å². The van der Waals surface area contributed by atoms with Gasteiger partial charge >= 0.3 is 0 Å². The van der Waals surface area contributed by atoms with Crippen LogP contribution in [0.3, 0.4) is 0 Å². The molecule has 0 aliphatic rings. The molecule has 9 heterocycles. The molecule has 0 atom stereocenters. The van der Waals surface area contributed by atoms with Crippen LogP contribution in [0.1, 0.15) is 0 Å². The predicted octanol–water partition coefficient (Wildman–Crippen LogP) is 38.6. The third-order valence-electron chi connectivity index (χ3n) is 25.4. The van der Waals surface area contributed by atoms with Gasteiger partial charge in [-0.25, -0.2) is 0 Å². The first-order valence-electron chi connectivity index (χ1n) is 44.1. The predicted molar refractivity (Wildman–Crippen MR) is 572 cm³/mol. The van der Waals surface area contributed by atoms with Gasteiger partial charge in [0.1, 0.15) is 16.7 Å². The van der Waals surface area contributed by atoms with Crippen LogP contribution < -0.4 is 14.7 Å². The quantitative estimate of drug-likeness (QED) is 0.115. The van der Waals surface area contributed by atoms with E-state index in [1.807, 2.05) is 34.0 Å². The van der Waals surface area contributed by atoms with Crippen molar-refractivity contribution >= 4 is 274 Å². The standard InChI is InChI=1S/C44H27NOS2.2C38H23NOS2/c1-2-8-32(9-3-1)45(33-20-14-28(15-21-33)30-19-25-42-38(26-30)35-10-4-6-12-40(35)47-42)34-22-16-29(17-23-34)31-18-24-36-39(27-31)46-43-37-11-5-7-13-41(37)48-44(36)43;1-2-10-26(11-3-1)39(28-18-20-36-32(23-28)29-13-4-6-15-34(29)41-36)27-12-8-9-24(21-27)25-17-19-30-33(22-25)40-37-31-14-5-7-16-35(31)42-38(30)37;1-2-8-26(9-3-1)39(28-19-21-36-32(23-28)29-10-4-6-12-34(29)41-36)27-17-14-24(15-18-27)25-16-20-30-33(22-25)40-37-31-11-5-7-13-35(31)42-38(30)37/h1-27H;2*1-23H. The van der Waals surface area contributed by atoms with Gasteiger partial charge in [0.15, 0.2) is 16.7 Å². The lowest BCUT2D eigenvalue weighted by Gasteiger charge is -2.26. The van der Waals surface area contributed by atoms with E-state index >= 15 is 0 Å². The van der Waals surface area contributed by atoms with Gasteiger partial charge in [0, 0.05) is 158 Å². The summed E-state index contributed by atoms with van der Waals surface area (Å²) < 4.78 is 34.7. The SMILES string of the molecule is c1ccc(N(c2ccc(-c3ccc4c(c3)oc3c5ccccc5sc43)cc2)c2ccc(-c3ccc4sc5ccccc5c4c3)cc2)cc1.c1ccc(N(c2ccc(-c3ccc4c(c3)oc3c5ccccc5sc43)cc2)c2ccc3sc4ccccc4c3c2)cc1.c1ccc(N(c2cccc(-c3ccc4c(c3)oc3c5ccccc5sc43)c2)c2ccc3sc4ccccc4c3c2)cc1. The normalized spacial score (nSPS) is 11.8. The Bertz CT molecular complexity index is 9320. The van der Waals surface area contributed by atoms with Crippen LogP contribution in [-0.4, -0.2) is 0 Å². The van der Waals surface area contributed by atoms with Gasteiger partial charge in [-0.05, 0) is 269 Å². The number of rotatable bonds is 13. The topological polar surface area (TPSA) is 49.1 Å². The fraction of sp³-hybridized carbons (Fsp3) is 0. The lowest BCUT2D eigenvalue weighted by Crippen LogP contribution is -2.09. The van der Waals surface area contributed by atoms with Crippen molar-refractivity contribution in [3.63, 3.8) is 0 Å². The smallest absolute Gasteiger partial charge is 0.154 e. The summed E-state index contributed by atoms with van der Waals surface area (Å²) in [5.41, 5.74) is 25.2. The summed E-state index contributed by atoms with van der Waals surface area (Å²) in [5.74, 6) is 0. The van der Waals surface area contributed by atoms with Gasteiger partial charge in [-0.2, -0.15) is 0 Å². The maximum atomic E-state index is 6.45. The molecule has 0 N–H and O–H groups in total. The van der Waals surface area contributed by atoms with Gasteiger partial charge in [-0.3, -0.25) is 0 Å². The van der Waals surface area contributed by atoms with Crippen LogP contribution in [0.2, 0.25) is 0 Å². The molecule has 0 amide bonds. The molecule has 132 heavy (non-hydrogen) atoms. The van der Waals surface area contributed by atoms with Gasteiger partial charge in [-0.15, -0.1) is 68.0 Å². The van der Waals surface area contributed by atoms with E-state index in [2.05, 4.69) is 458 Å². The Balaban J connectivity index is 0.000000104. The highest BCUT2D eigenvalue weighted by Gasteiger charge is 2.24. The fourth-order valence-corrected chi connectivity index (χ4v) is 25.8. The fourth-order valence-electron chi connectivity index (χ4n) is 19.1. The third-order valence-corrected chi connectivity index (χ3v) is 32.4. The molecule has 9 aromatic heterocycles. The van der Waals surface area contributed by atoms with Gasteiger partial charge in [0.2, 0.25) is 0 Å². The molecule has 28 aromatic rings. The molecule has 0 saturated carbocycles. The van der Waals surface area contributed by atoms with E-state index in [1.165, 1.54) is 132 Å². The zero-order valence-electron chi connectivity index (χ0n) is 70.7. The number of fused-ring (bicyclic) bond motifs is 24. The third kappa shape index (κ3) is 13.7. The summed E-state index contributed by atoms with van der Waals surface area (Å²) in [6.07, 6.45) is 0. The summed E-state index contributed by atoms with van der Waals surface area (Å²) in [5, 5.41) is 14.9. The van der Waals surface area contributed by atoms with Crippen molar-refractivity contribution in [2.24, 2.45) is 0 Å². The van der Waals surface area contributed by atoms with Crippen LogP contribution in [0.25, 0.3) is 199 Å². The first-order chi connectivity index (χ1) is 65.4. The number of thiophene rings is 6. The van der Waals surface area contributed by atoms with Crippen LogP contribution in [0.15, 0.2) is 456 Å². The van der Waals surface area contributed by atoms with Gasteiger partial charge in [0.25, 0.3) is 0 Å². The molecule has 0 unspecified atom stereocenters. The average Bonchev–Trinajstić information content (AvgIpc) is 1.59. The number of benzene rings is 19. The highest BCUT2D eigenvalue weighted by Crippen LogP contribution is 2.50. The second kappa shape index (κ2) is 32.3. The average molecular weight is 1800 g/mol. The van der Waals surface area contributed by atoms with E-state index in [4.69, 9.17) is 13.3 Å². The van der Waals surface area contributed by atoms with Gasteiger partial charge in [-0.1, -0.05) is 218 Å². The van der Waals surface area contributed by atoms with E-state index in [9.17, 15) is 0 Å². The van der Waals surface area contributed by atoms with Crippen LogP contribution in [0.4, 0.5) is 51.2 Å². The first kappa shape index (κ1) is 77.6. The van der Waals surface area contributed by atoms with Crippen LogP contribution in [-0.2, 0) is 0 Å². The second-order valence-corrected chi connectivity index (χ2v) is 39.7. The van der Waals surface area contributed by atoms with Crippen molar-refractivity contribution in [1.82, 2.24) is 0 Å². The Morgan fingerprint density at radius 3 is 0.742 bits per heavy atom. The van der Waals surface area contributed by atoms with Gasteiger partial charge < -0.3 is 28.0 Å². The van der Waals surface area contributed by atoms with E-state index in [0.29, 0.717) is 0 Å². The highest BCUT2D eigenvalue weighted by atomic mass is 32.1. The Kier molecular flexibility index (Phi) is 19.0. The molecule has 0 spiro atoms. The maximum absolute atomic E-state index is 6.45. The number of hydrogen-bond donors (Lipinski definition) is 0. The zero-order chi connectivity index (χ0) is 86.9. The molecule has 19 aromatic carbocycles. The zero-order valence-corrected chi connectivity index (χ0v) is 75.6. The van der Waals surface area contributed by atoms with Crippen molar-refractivity contribution in [3.8, 4) is 44.5 Å². The number of anilines is 9. The second-order valence-electron chi connectivity index (χ2n) is 33.3. The Hall–Kier alpha value is -15.5. The molecular formula is C120H73N3O3S6. The minimum absolute atomic E-state index is 0.930. The number of para-hydroxylation sites is 3. The molecule has 28 rings (SSSR count). The van der Waals surface area contributed by atoms with Gasteiger partial charge in [0.05, 0.1) is 14.1 Å². The van der Waals surface area contributed by atoms with Crippen LogP contribution >= 0.6 is 68.0 Å². The molecule has 0 aliphatic heterocycles. The van der Waals surface area contributed by atoms with E-state index in [-0.39, 0.29) is 0 Å². The Morgan fingerprint density at radius 1 is 0.136 bits per heavy atom. The van der Waals surface area contributed by atoms with Crippen molar-refractivity contribution in [2.75, 3.05) is 14.7 Å².